The molecule has 0 radical (unpaired) electrons. The fourth-order valence-corrected chi connectivity index (χ4v) is 3.14. The fraction of sp³-hybridized carbons (Fsp3) is 0.333. The monoisotopic (exact) mass is 413 g/mol. The zero-order valence-corrected chi connectivity index (χ0v) is 14.9. The van der Waals surface area contributed by atoms with Gasteiger partial charge in [0.05, 0.1) is 11.0 Å². The molecule has 9 heteroatoms. The predicted molar refractivity (Wildman–Crippen MR) is 103 cm³/mol. The molecule has 3 aromatic rings. The maximum absolute atomic E-state index is 14.3. The van der Waals surface area contributed by atoms with Crippen molar-refractivity contribution in [1.82, 2.24) is 19.9 Å². The zero-order chi connectivity index (χ0) is 28.6. The second kappa shape index (κ2) is 7.72. The number of aromatic nitrogens is 3. The Morgan fingerprint density at radius 2 is 2.37 bits per heavy atom. The maximum Gasteiger partial charge on any atom is 0.186 e. The number of hydrogen-bond donors (Lipinski definition) is 1. The van der Waals surface area contributed by atoms with Crippen molar-refractivity contribution in [3.05, 3.63) is 45.9 Å². The lowest BCUT2D eigenvalue weighted by molar-refractivity contribution is 0.211. The minimum absolute atomic E-state index is 0.0189. The standard InChI is InChI=1S/C18H16ClFN6S/c19-18-25-15-16(22-10-23-17(15)27-18)24-13-3-5-26(6-4-13)9-11-1-2-14(20)12(7-11)8-21/h1-2,7,10,13H,3-6,9H2,(H,22,23,24)/i1D,2D,3D2,4D2,7D,9D2,13D/hD. The molecule has 4 rings (SSSR count). The van der Waals surface area contributed by atoms with E-state index in [1.165, 1.54) is 6.07 Å². The van der Waals surface area contributed by atoms with Gasteiger partial charge in [0.15, 0.2) is 11.7 Å². The molecule has 1 aliphatic heterocycles. The molecule has 27 heavy (non-hydrogen) atoms. The highest BCUT2D eigenvalue weighted by Crippen LogP contribution is 2.28. The Morgan fingerprint density at radius 3 is 3.15 bits per heavy atom. The summed E-state index contributed by atoms with van der Waals surface area (Å²) in [6.45, 7) is -5.12. The first kappa shape index (κ1) is 9.24. The fourth-order valence-electron chi connectivity index (χ4n) is 2.20. The molecule has 1 fully saturated rings. The molecular formula is C18H16ClFN6S. The van der Waals surface area contributed by atoms with Gasteiger partial charge < -0.3 is 5.31 Å². The van der Waals surface area contributed by atoms with E-state index in [9.17, 15) is 9.65 Å². The molecule has 1 aromatic carbocycles. The van der Waals surface area contributed by atoms with Crippen molar-refractivity contribution in [1.29, 1.82) is 5.26 Å². The molecule has 6 nitrogen and oxygen atoms in total. The average Bonchev–Trinajstić information content (AvgIpc) is 3.20. The lowest BCUT2D eigenvalue weighted by Crippen LogP contribution is -2.38. The van der Waals surface area contributed by atoms with Crippen molar-refractivity contribution in [2.24, 2.45) is 0 Å². The number of nitriles is 1. The second-order valence-electron chi connectivity index (χ2n) is 5.15. The van der Waals surface area contributed by atoms with Gasteiger partial charge in [0, 0.05) is 33.8 Å². The lowest BCUT2D eigenvalue weighted by atomic mass is 10.0. The summed E-state index contributed by atoms with van der Waals surface area (Å²) in [5, 5.41) is 9.42. The van der Waals surface area contributed by atoms with Crippen LogP contribution in [0.4, 0.5) is 10.2 Å². The second-order valence-corrected chi connectivity index (χ2v) is 6.71. The van der Waals surface area contributed by atoms with Gasteiger partial charge in [-0.25, -0.2) is 19.3 Å². The highest BCUT2D eigenvalue weighted by Gasteiger charge is 2.21. The Bertz CT molecular complexity index is 1480. The normalized spacial score (nSPS) is 27.1. The van der Waals surface area contributed by atoms with Crippen molar-refractivity contribution in [2.45, 2.75) is 25.3 Å². The summed E-state index contributed by atoms with van der Waals surface area (Å²) >= 11 is 6.84. The first-order valence-electron chi connectivity index (χ1n) is 12.9. The summed E-state index contributed by atoms with van der Waals surface area (Å²) in [6.07, 6.45) is -5.03. The quantitative estimate of drug-likeness (QED) is 0.700. The van der Waals surface area contributed by atoms with E-state index >= 15 is 0 Å². The minimum atomic E-state index is -3.05. The van der Waals surface area contributed by atoms with Gasteiger partial charge in [-0.2, -0.15) is 5.26 Å². The molecular weight excluding hydrogens is 387 g/mol. The van der Waals surface area contributed by atoms with Gasteiger partial charge in [-0.1, -0.05) is 29.0 Å². The molecule has 0 amide bonds. The van der Waals surface area contributed by atoms with E-state index in [-0.39, 0.29) is 20.1 Å². The Hall–Kier alpha value is -2.34. The molecule has 0 spiro atoms. The molecule has 0 unspecified atom stereocenters. The number of piperidine rings is 1. The lowest BCUT2D eigenvalue weighted by Gasteiger charge is -2.32. The Kier molecular flexibility index (Phi) is 2.64. The predicted octanol–water partition coefficient (Wildman–Crippen LogP) is 3.83. The summed E-state index contributed by atoms with van der Waals surface area (Å²) in [6, 6.07) is -4.94. The van der Waals surface area contributed by atoms with Gasteiger partial charge in [0.2, 0.25) is 0 Å². The van der Waals surface area contributed by atoms with Crippen LogP contribution in [0.3, 0.4) is 0 Å². The highest BCUT2D eigenvalue weighted by atomic mass is 35.5. The number of nitrogens with zero attached hydrogens (tertiary/aromatic N) is 5. The van der Waals surface area contributed by atoms with Crippen LogP contribution < -0.4 is 5.31 Å². The van der Waals surface area contributed by atoms with Crippen LogP contribution in [0.2, 0.25) is 5.88 Å². The van der Waals surface area contributed by atoms with E-state index in [0.717, 1.165) is 17.7 Å². The first-order valence-corrected chi connectivity index (χ1v) is 8.63. The van der Waals surface area contributed by atoms with Gasteiger partial charge in [-0.05, 0) is 30.4 Å². The SMILES string of the molecule is [2H]c1c([2H])c(C([2H])([2H])N2CC([2H])([2H])C([2H])(N([2H])c3ncnc4sc(Cl)nc34)C([2H])([2H])C2)c([2H])c(C#N)c1F. The van der Waals surface area contributed by atoms with Crippen molar-refractivity contribution in [2.75, 3.05) is 18.4 Å². The van der Waals surface area contributed by atoms with Crippen LogP contribution in [0, 0.1) is 17.1 Å². The van der Waals surface area contributed by atoms with Crippen LogP contribution in [0.25, 0.3) is 10.3 Å². The highest BCUT2D eigenvalue weighted by molar-refractivity contribution is 7.21. The molecule has 1 N–H and O–H groups in total. The Labute approximate surface area is 180 Å². The molecule has 3 heterocycles. The molecule has 2 aromatic heterocycles. The minimum Gasteiger partial charge on any atom is -0.365 e. The van der Waals surface area contributed by atoms with E-state index < -0.39 is 79.2 Å². The van der Waals surface area contributed by atoms with Crippen LogP contribution in [-0.2, 0) is 6.50 Å². The molecule has 138 valence electrons. The van der Waals surface area contributed by atoms with Crippen molar-refractivity contribution >= 4 is 39.1 Å². The first-order chi connectivity index (χ1) is 17.4. The summed E-state index contributed by atoms with van der Waals surface area (Å²) in [4.78, 5) is 12.6. The van der Waals surface area contributed by atoms with Crippen molar-refractivity contribution < 1.29 is 19.5 Å². The van der Waals surface area contributed by atoms with Gasteiger partial charge in [-0.15, -0.1) is 0 Å². The van der Waals surface area contributed by atoms with E-state index in [1.807, 2.05) is 0 Å². The molecule has 0 saturated carbocycles. The van der Waals surface area contributed by atoms with Crippen LogP contribution in [0.5, 0.6) is 0 Å². The number of likely N-dealkylation sites (tertiary alicyclic amines) is 1. The van der Waals surface area contributed by atoms with Crippen LogP contribution in [0.1, 0.15) is 37.6 Å². The number of nitrogens with one attached hydrogen (secondary N) is 1. The number of halogens is 2. The van der Waals surface area contributed by atoms with Crippen LogP contribution >= 0.6 is 22.9 Å². The molecule has 0 aliphatic carbocycles. The Morgan fingerprint density at radius 1 is 1.56 bits per heavy atom. The maximum atomic E-state index is 14.3. The molecule has 1 aliphatic rings. The van der Waals surface area contributed by atoms with E-state index in [2.05, 4.69) is 15.0 Å². The number of hydrogen-bond acceptors (Lipinski definition) is 7. The number of benzene rings is 1. The summed E-state index contributed by atoms with van der Waals surface area (Å²) < 4.78 is 107. The number of thiazole rings is 1. The molecule has 0 bridgehead atoms. The largest absolute Gasteiger partial charge is 0.365 e. The zero-order valence-electron chi connectivity index (χ0n) is 24.3. The summed E-state index contributed by atoms with van der Waals surface area (Å²) in [5.74, 6) is -1.89. The van der Waals surface area contributed by atoms with Crippen molar-refractivity contribution in [3.8, 4) is 6.07 Å². The van der Waals surface area contributed by atoms with Crippen LogP contribution in [-0.4, -0.2) is 39.0 Å². The average molecular weight is 414 g/mol. The van der Waals surface area contributed by atoms with Gasteiger partial charge in [0.1, 0.15) is 28.6 Å². The summed E-state index contributed by atoms with van der Waals surface area (Å²) in [7, 11) is 0. The van der Waals surface area contributed by atoms with Crippen LogP contribution in [0.15, 0.2) is 24.5 Å². The van der Waals surface area contributed by atoms with Gasteiger partial charge in [-0.3, -0.25) is 4.90 Å². The van der Waals surface area contributed by atoms with E-state index in [0.29, 0.717) is 4.90 Å². The smallest absolute Gasteiger partial charge is 0.186 e. The third-order valence-corrected chi connectivity index (χ3v) is 4.46. The Balaban J connectivity index is 1.82. The van der Waals surface area contributed by atoms with Gasteiger partial charge in [0.25, 0.3) is 0 Å². The molecule has 0 atom stereocenters. The summed E-state index contributed by atoms with van der Waals surface area (Å²) in [5.41, 5.74) is -1.99. The molecule has 1 saturated heterocycles. The van der Waals surface area contributed by atoms with Gasteiger partial charge >= 0.3 is 0 Å². The third-order valence-electron chi connectivity index (χ3n) is 3.39. The topological polar surface area (TPSA) is 77.7 Å². The third kappa shape index (κ3) is 4.00. The number of rotatable bonds is 4. The number of anilines is 1. The van der Waals surface area contributed by atoms with E-state index in [1.54, 1.807) is 0 Å². The number of fused-ring (bicyclic) bond motifs is 1. The van der Waals surface area contributed by atoms with E-state index in [4.69, 9.17) is 26.7 Å². The van der Waals surface area contributed by atoms with Crippen molar-refractivity contribution in [3.63, 3.8) is 0 Å².